The number of nitrogens with one attached hydrogen (secondary N) is 2. The van der Waals surface area contributed by atoms with E-state index in [-0.39, 0.29) is 11.7 Å². The molecule has 1 saturated heterocycles. The first-order valence-corrected chi connectivity index (χ1v) is 9.39. The number of amides is 1. The molecule has 2 N–H and O–H groups in total. The maximum atomic E-state index is 13.7. The molecule has 2 heterocycles. The summed E-state index contributed by atoms with van der Waals surface area (Å²) in [5.41, 5.74) is 2.75. The van der Waals surface area contributed by atoms with Crippen LogP contribution in [0.3, 0.4) is 0 Å². The number of carbonyl (C=O) groups is 1. The number of nitrogens with zero attached hydrogens (tertiary/aromatic N) is 1. The van der Waals surface area contributed by atoms with Gasteiger partial charge in [0.2, 0.25) is 5.91 Å². The fourth-order valence-electron chi connectivity index (χ4n) is 3.75. The number of hydrogen-bond donors (Lipinski definition) is 2. The molecule has 4 rings (SSSR count). The van der Waals surface area contributed by atoms with Crippen LogP contribution < -0.4 is 10.2 Å². The first kappa shape index (κ1) is 17.6. The Bertz CT molecular complexity index is 969. The number of aromatic amines is 1. The van der Waals surface area contributed by atoms with Crippen LogP contribution in [-0.4, -0.2) is 24.0 Å². The van der Waals surface area contributed by atoms with Crippen molar-refractivity contribution in [1.82, 2.24) is 4.98 Å². The minimum absolute atomic E-state index is 0.124. The Kier molecular flexibility index (Phi) is 4.38. The molecule has 3 aromatic rings. The van der Waals surface area contributed by atoms with E-state index in [4.69, 9.17) is 0 Å². The van der Waals surface area contributed by atoms with Gasteiger partial charge in [0, 0.05) is 41.6 Å². The van der Waals surface area contributed by atoms with Crippen LogP contribution in [0.5, 0.6) is 0 Å². The van der Waals surface area contributed by atoms with Crippen molar-refractivity contribution in [3.63, 3.8) is 0 Å². The Hall–Kier alpha value is -2.82. The van der Waals surface area contributed by atoms with E-state index in [0.717, 1.165) is 35.2 Å². The molecule has 1 aromatic heterocycles. The van der Waals surface area contributed by atoms with Gasteiger partial charge in [-0.05, 0) is 74.7 Å². The van der Waals surface area contributed by atoms with Gasteiger partial charge in [-0.2, -0.15) is 0 Å². The zero-order valence-corrected chi connectivity index (χ0v) is 15.7. The van der Waals surface area contributed by atoms with Crippen molar-refractivity contribution in [1.29, 1.82) is 0 Å². The zero-order chi connectivity index (χ0) is 19.0. The number of halogens is 1. The highest BCUT2D eigenvalue weighted by atomic mass is 19.1. The molecule has 0 atom stereocenters. The third-order valence-corrected chi connectivity index (χ3v) is 5.48. The van der Waals surface area contributed by atoms with E-state index in [9.17, 15) is 9.18 Å². The lowest BCUT2D eigenvalue weighted by molar-refractivity contribution is -0.120. The van der Waals surface area contributed by atoms with Gasteiger partial charge in [0.15, 0.2) is 0 Å². The van der Waals surface area contributed by atoms with E-state index in [1.807, 2.05) is 26.0 Å². The topological polar surface area (TPSA) is 48.1 Å². The number of benzene rings is 2. The van der Waals surface area contributed by atoms with Crippen LogP contribution in [0.25, 0.3) is 10.9 Å². The fourth-order valence-corrected chi connectivity index (χ4v) is 3.75. The average molecular weight is 365 g/mol. The molecular formula is C22H24FN3O. The Morgan fingerprint density at radius 2 is 1.81 bits per heavy atom. The summed E-state index contributed by atoms with van der Waals surface area (Å²) in [6, 6.07) is 12.6. The summed E-state index contributed by atoms with van der Waals surface area (Å²) in [6.07, 6.45) is 4.26. The van der Waals surface area contributed by atoms with Crippen LogP contribution in [0, 0.1) is 5.82 Å². The second kappa shape index (κ2) is 6.72. The molecule has 27 heavy (non-hydrogen) atoms. The molecule has 1 aliphatic heterocycles. The van der Waals surface area contributed by atoms with E-state index < -0.39 is 5.41 Å². The summed E-state index contributed by atoms with van der Waals surface area (Å²) in [5, 5.41) is 3.74. The summed E-state index contributed by atoms with van der Waals surface area (Å²) < 4.78 is 13.7. The first-order chi connectivity index (χ1) is 12.9. The van der Waals surface area contributed by atoms with Gasteiger partial charge in [0.25, 0.3) is 0 Å². The van der Waals surface area contributed by atoms with E-state index in [1.54, 1.807) is 12.3 Å². The second-order valence-corrected chi connectivity index (χ2v) is 7.71. The van der Waals surface area contributed by atoms with Gasteiger partial charge in [-0.25, -0.2) is 4.39 Å². The van der Waals surface area contributed by atoms with Crippen molar-refractivity contribution in [3.8, 4) is 0 Å². The minimum atomic E-state index is -0.806. The van der Waals surface area contributed by atoms with Crippen molar-refractivity contribution >= 4 is 28.2 Å². The Morgan fingerprint density at radius 1 is 1.11 bits per heavy atom. The van der Waals surface area contributed by atoms with Crippen LogP contribution in [0.2, 0.25) is 0 Å². The highest BCUT2D eigenvalue weighted by Crippen LogP contribution is 2.32. The van der Waals surface area contributed by atoms with Crippen LogP contribution in [0.1, 0.15) is 32.3 Å². The first-order valence-electron chi connectivity index (χ1n) is 9.39. The molecule has 0 unspecified atom stereocenters. The molecule has 1 fully saturated rings. The van der Waals surface area contributed by atoms with Gasteiger partial charge in [0.05, 0.1) is 5.41 Å². The molecule has 4 nitrogen and oxygen atoms in total. The molecule has 0 aliphatic carbocycles. The molecule has 0 spiro atoms. The Balaban J connectivity index is 1.55. The predicted octanol–water partition coefficient (Wildman–Crippen LogP) is 4.82. The normalized spacial score (nSPS) is 14.7. The van der Waals surface area contributed by atoms with Crippen molar-refractivity contribution in [2.75, 3.05) is 23.3 Å². The number of aromatic nitrogens is 1. The number of fused-ring (bicyclic) bond motifs is 1. The summed E-state index contributed by atoms with van der Waals surface area (Å²) in [4.78, 5) is 18.5. The quantitative estimate of drug-likeness (QED) is 0.696. The van der Waals surface area contributed by atoms with Crippen LogP contribution in [0.4, 0.5) is 15.8 Å². The van der Waals surface area contributed by atoms with Crippen molar-refractivity contribution in [3.05, 3.63) is 60.0 Å². The van der Waals surface area contributed by atoms with Crippen molar-refractivity contribution in [2.24, 2.45) is 0 Å². The minimum Gasteiger partial charge on any atom is -0.372 e. The smallest absolute Gasteiger partial charge is 0.234 e. The van der Waals surface area contributed by atoms with Gasteiger partial charge in [0.1, 0.15) is 5.82 Å². The fraction of sp³-hybridized carbons (Fsp3) is 0.318. The van der Waals surface area contributed by atoms with Gasteiger partial charge >= 0.3 is 0 Å². The van der Waals surface area contributed by atoms with Gasteiger partial charge < -0.3 is 15.2 Å². The van der Waals surface area contributed by atoms with Crippen LogP contribution >= 0.6 is 0 Å². The van der Waals surface area contributed by atoms with Gasteiger partial charge in [-0.1, -0.05) is 0 Å². The summed E-state index contributed by atoms with van der Waals surface area (Å²) >= 11 is 0. The summed E-state index contributed by atoms with van der Waals surface area (Å²) in [7, 11) is 0. The second-order valence-electron chi connectivity index (χ2n) is 7.71. The Labute approximate surface area is 158 Å². The van der Waals surface area contributed by atoms with Crippen LogP contribution in [0.15, 0.2) is 48.7 Å². The molecular weight excluding hydrogens is 341 g/mol. The molecule has 5 heteroatoms. The third-order valence-electron chi connectivity index (χ3n) is 5.48. The van der Waals surface area contributed by atoms with E-state index in [0.29, 0.717) is 0 Å². The largest absolute Gasteiger partial charge is 0.372 e. The number of H-pyrrole nitrogens is 1. The monoisotopic (exact) mass is 365 g/mol. The lowest BCUT2D eigenvalue weighted by Crippen LogP contribution is -2.34. The van der Waals surface area contributed by atoms with Gasteiger partial charge in [-0.3, -0.25) is 4.79 Å². The Morgan fingerprint density at radius 3 is 2.52 bits per heavy atom. The van der Waals surface area contributed by atoms with Crippen molar-refractivity contribution < 1.29 is 9.18 Å². The molecule has 140 valence electrons. The number of carbonyl (C=O) groups excluding carboxylic acids is 1. The third kappa shape index (κ3) is 3.29. The maximum absolute atomic E-state index is 13.7. The lowest BCUT2D eigenvalue weighted by Gasteiger charge is -2.24. The summed E-state index contributed by atoms with van der Waals surface area (Å²) in [5.74, 6) is -0.432. The highest BCUT2D eigenvalue weighted by Gasteiger charge is 2.32. The van der Waals surface area contributed by atoms with Crippen molar-refractivity contribution in [2.45, 2.75) is 32.1 Å². The lowest BCUT2D eigenvalue weighted by atomic mass is 9.83. The maximum Gasteiger partial charge on any atom is 0.234 e. The number of rotatable bonds is 4. The molecule has 1 aliphatic rings. The highest BCUT2D eigenvalue weighted by molar-refractivity contribution is 6.02. The standard InChI is InChI=1S/C22H24FN3O/c1-22(2,19-14-24-20-10-5-15(23)13-18(19)20)21(27)25-16-6-8-17(9-7-16)26-11-3-4-12-26/h5-10,13-14,24H,3-4,11-12H2,1-2H3,(H,25,27). The SMILES string of the molecule is CC(C)(C(=O)Nc1ccc(N2CCCC2)cc1)c1c[nH]c2ccc(F)cc12. The van der Waals surface area contributed by atoms with Gasteiger partial charge in [-0.15, -0.1) is 0 Å². The predicted molar refractivity (Wildman–Crippen MR) is 108 cm³/mol. The number of hydrogen-bond acceptors (Lipinski definition) is 2. The van der Waals surface area contributed by atoms with E-state index in [2.05, 4.69) is 27.3 Å². The molecule has 2 aromatic carbocycles. The average Bonchev–Trinajstić information content (AvgIpc) is 3.32. The molecule has 0 saturated carbocycles. The van der Waals surface area contributed by atoms with Crippen LogP contribution in [-0.2, 0) is 10.2 Å². The van der Waals surface area contributed by atoms with E-state index >= 15 is 0 Å². The molecule has 1 amide bonds. The zero-order valence-electron chi connectivity index (χ0n) is 15.7. The van der Waals surface area contributed by atoms with E-state index in [1.165, 1.54) is 30.7 Å². The molecule has 0 bridgehead atoms. The summed E-state index contributed by atoms with van der Waals surface area (Å²) in [6.45, 7) is 5.90. The number of anilines is 2. The molecule has 0 radical (unpaired) electrons.